The molecule has 3 aromatic rings. The van der Waals surface area contributed by atoms with Crippen molar-refractivity contribution in [3.05, 3.63) is 66.1 Å². The molecule has 0 unspecified atom stereocenters. The van der Waals surface area contributed by atoms with E-state index in [0.29, 0.717) is 48.6 Å². The number of anilines is 1. The lowest BCUT2D eigenvalue weighted by atomic mass is 9.95. The number of hydrogen-bond acceptors (Lipinski definition) is 5. The molecular formula is C23H23N5O3. The molecule has 0 atom stereocenters. The molecule has 2 N–H and O–H groups in total. The van der Waals surface area contributed by atoms with Crippen LogP contribution in [0.15, 0.2) is 54.9 Å². The Morgan fingerprint density at radius 3 is 2.52 bits per heavy atom. The van der Waals surface area contributed by atoms with Crippen molar-refractivity contribution in [3.8, 4) is 11.3 Å². The highest BCUT2D eigenvalue weighted by atomic mass is 16.2. The molecule has 0 spiro atoms. The van der Waals surface area contributed by atoms with Crippen LogP contribution in [0.1, 0.15) is 40.6 Å². The van der Waals surface area contributed by atoms with Crippen LogP contribution in [0.4, 0.5) is 5.69 Å². The summed E-state index contributed by atoms with van der Waals surface area (Å²) in [4.78, 5) is 42.7. The minimum atomic E-state index is -0.181. The SMILES string of the molecule is CC(=O)c1cccc(NC(=O)C2CCN(C(=O)c3cc(-c4ccncc4)n[nH]3)CC2)c1. The van der Waals surface area contributed by atoms with Crippen LogP contribution in [-0.2, 0) is 4.79 Å². The lowest BCUT2D eigenvalue weighted by Crippen LogP contribution is -2.41. The van der Waals surface area contributed by atoms with Crippen LogP contribution >= 0.6 is 0 Å². The average Bonchev–Trinajstić information content (AvgIpc) is 3.30. The summed E-state index contributed by atoms with van der Waals surface area (Å²) in [6, 6.07) is 12.3. The number of hydrogen-bond donors (Lipinski definition) is 2. The molecule has 0 aliphatic carbocycles. The van der Waals surface area contributed by atoms with Crippen LogP contribution in [-0.4, -0.2) is 50.8 Å². The van der Waals surface area contributed by atoms with E-state index in [1.807, 2.05) is 12.1 Å². The number of likely N-dealkylation sites (tertiary alicyclic amines) is 1. The van der Waals surface area contributed by atoms with E-state index in [9.17, 15) is 14.4 Å². The minimum Gasteiger partial charge on any atom is -0.337 e. The van der Waals surface area contributed by atoms with Gasteiger partial charge in [0.2, 0.25) is 5.91 Å². The Balaban J connectivity index is 1.34. The monoisotopic (exact) mass is 417 g/mol. The van der Waals surface area contributed by atoms with Gasteiger partial charge in [0.25, 0.3) is 5.91 Å². The first-order valence-corrected chi connectivity index (χ1v) is 10.2. The Bertz CT molecular complexity index is 1100. The first-order chi connectivity index (χ1) is 15.0. The Morgan fingerprint density at radius 2 is 1.81 bits per heavy atom. The van der Waals surface area contributed by atoms with Gasteiger partial charge in [-0.15, -0.1) is 0 Å². The number of amides is 2. The first kappa shape index (κ1) is 20.5. The van der Waals surface area contributed by atoms with Crippen molar-refractivity contribution in [1.29, 1.82) is 0 Å². The van der Waals surface area contributed by atoms with E-state index >= 15 is 0 Å². The molecule has 1 saturated heterocycles. The van der Waals surface area contributed by atoms with Gasteiger partial charge in [0.1, 0.15) is 5.69 Å². The van der Waals surface area contributed by atoms with Crippen LogP contribution in [0.3, 0.4) is 0 Å². The zero-order valence-electron chi connectivity index (χ0n) is 17.2. The highest BCUT2D eigenvalue weighted by Gasteiger charge is 2.28. The maximum absolute atomic E-state index is 12.8. The predicted molar refractivity (Wildman–Crippen MR) is 116 cm³/mol. The number of benzene rings is 1. The van der Waals surface area contributed by atoms with Gasteiger partial charge < -0.3 is 10.2 Å². The fourth-order valence-electron chi connectivity index (χ4n) is 3.68. The molecule has 8 nitrogen and oxygen atoms in total. The summed E-state index contributed by atoms with van der Waals surface area (Å²) < 4.78 is 0. The van der Waals surface area contributed by atoms with Crippen molar-refractivity contribution in [2.45, 2.75) is 19.8 Å². The molecule has 8 heteroatoms. The van der Waals surface area contributed by atoms with Crippen LogP contribution < -0.4 is 5.32 Å². The molecule has 1 aliphatic heterocycles. The number of nitrogens with one attached hydrogen (secondary N) is 2. The fraction of sp³-hybridized carbons (Fsp3) is 0.261. The molecule has 158 valence electrons. The summed E-state index contributed by atoms with van der Waals surface area (Å²) >= 11 is 0. The number of rotatable bonds is 5. The summed E-state index contributed by atoms with van der Waals surface area (Å²) in [6.07, 6.45) is 4.51. The van der Waals surface area contributed by atoms with E-state index in [4.69, 9.17) is 0 Å². The maximum atomic E-state index is 12.8. The number of piperidine rings is 1. The zero-order valence-corrected chi connectivity index (χ0v) is 17.2. The fourth-order valence-corrected chi connectivity index (χ4v) is 3.68. The molecular weight excluding hydrogens is 394 g/mol. The summed E-state index contributed by atoms with van der Waals surface area (Å²) in [5.41, 5.74) is 3.17. The number of aromatic nitrogens is 3. The van der Waals surface area contributed by atoms with E-state index in [2.05, 4.69) is 20.5 Å². The molecule has 31 heavy (non-hydrogen) atoms. The van der Waals surface area contributed by atoms with Gasteiger partial charge in [0.05, 0.1) is 5.69 Å². The molecule has 0 bridgehead atoms. The van der Waals surface area contributed by atoms with Crippen LogP contribution in [0.5, 0.6) is 0 Å². The molecule has 2 aromatic heterocycles. The minimum absolute atomic E-state index is 0.0474. The van der Waals surface area contributed by atoms with Gasteiger partial charge in [0.15, 0.2) is 5.78 Å². The quantitative estimate of drug-likeness (QED) is 0.620. The molecule has 4 rings (SSSR count). The second kappa shape index (κ2) is 8.91. The number of aromatic amines is 1. The number of Topliss-reactive ketones (excluding diaryl/α,β-unsaturated/α-hetero) is 1. The van der Waals surface area contributed by atoms with Gasteiger partial charge in [-0.1, -0.05) is 12.1 Å². The van der Waals surface area contributed by atoms with Crippen molar-refractivity contribution < 1.29 is 14.4 Å². The van der Waals surface area contributed by atoms with E-state index in [1.54, 1.807) is 47.6 Å². The lowest BCUT2D eigenvalue weighted by Gasteiger charge is -2.31. The number of H-pyrrole nitrogens is 1. The molecule has 0 radical (unpaired) electrons. The number of ketones is 1. The van der Waals surface area contributed by atoms with Gasteiger partial charge in [-0.25, -0.2) is 0 Å². The molecule has 3 heterocycles. The van der Waals surface area contributed by atoms with Crippen LogP contribution in [0.2, 0.25) is 0 Å². The second-order valence-electron chi connectivity index (χ2n) is 7.60. The van der Waals surface area contributed by atoms with Crippen molar-refractivity contribution in [2.75, 3.05) is 18.4 Å². The topological polar surface area (TPSA) is 108 Å². The van der Waals surface area contributed by atoms with Gasteiger partial charge in [0, 0.05) is 48.2 Å². The molecule has 2 amide bonds. The highest BCUT2D eigenvalue weighted by Crippen LogP contribution is 2.23. The smallest absolute Gasteiger partial charge is 0.271 e. The summed E-state index contributed by atoms with van der Waals surface area (Å²) in [7, 11) is 0. The van der Waals surface area contributed by atoms with E-state index in [1.165, 1.54) is 6.92 Å². The van der Waals surface area contributed by atoms with E-state index in [0.717, 1.165) is 5.56 Å². The third-order valence-corrected chi connectivity index (χ3v) is 5.47. The number of carbonyl (C=O) groups excluding carboxylic acids is 3. The Hall–Kier alpha value is -3.81. The van der Waals surface area contributed by atoms with Gasteiger partial charge in [-0.05, 0) is 50.1 Å². The predicted octanol–water partition coefficient (Wildman–Crippen LogP) is 3.17. The maximum Gasteiger partial charge on any atom is 0.271 e. The Morgan fingerprint density at radius 1 is 1.06 bits per heavy atom. The lowest BCUT2D eigenvalue weighted by molar-refractivity contribution is -0.121. The highest BCUT2D eigenvalue weighted by molar-refractivity contribution is 5.98. The summed E-state index contributed by atoms with van der Waals surface area (Å²) in [5.74, 6) is -0.442. The largest absolute Gasteiger partial charge is 0.337 e. The normalized spacial score (nSPS) is 14.3. The van der Waals surface area contributed by atoms with Crippen LogP contribution in [0.25, 0.3) is 11.3 Å². The van der Waals surface area contributed by atoms with Crippen molar-refractivity contribution in [3.63, 3.8) is 0 Å². The third-order valence-electron chi connectivity index (χ3n) is 5.47. The zero-order chi connectivity index (χ0) is 21.8. The standard InChI is InChI=1S/C23H23N5O3/c1-15(29)18-3-2-4-19(13-18)25-22(30)17-7-11-28(12-8-17)23(31)21-14-20(26-27-21)16-5-9-24-10-6-16/h2-6,9-10,13-14,17H,7-8,11-12H2,1H3,(H,25,30)(H,26,27). The number of carbonyl (C=O) groups is 3. The molecule has 0 saturated carbocycles. The summed E-state index contributed by atoms with van der Waals surface area (Å²) in [6.45, 7) is 2.48. The molecule has 1 aliphatic rings. The summed E-state index contributed by atoms with van der Waals surface area (Å²) in [5, 5.41) is 9.93. The van der Waals surface area contributed by atoms with E-state index < -0.39 is 0 Å². The van der Waals surface area contributed by atoms with Crippen molar-refractivity contribution >= 4 is 23.3 Å². The van der Waals surface area contributed by atoms with Gasteiger partial charge in [-0.3, -0.25) is 24.5 Å². The van der Waals surface area contributed by atoms with Gasteiger partial charge in [-0.2, -0.15) is 5.10 Å². The van der Waals surface area contributed by atoms with Crippen molar-refractivity contribution in [1.82, 2.24) is 20.1 Å². The Kier molecular flexibility index (Phi) is 5.88. The number of pyridine rings is 1. The third kappa shape index (κ3) is 4.69. The second-order valence-corrected chi connectivity index (χ2v) is 7.60. The number of nitrogens with zero attached hydrogens (tertiary/aromatic N) is 3. The van der Waals surface area contributed by atoms with E-state index in [-0.39, 0.29) is 23.5 Å². The first-order valence-electron chi connectivity index (χ1n) is 10.2. The Labute approximate surface area is 179 Å². The van der Waals surface area contributed by atoms with Crippen molar-refractivity contribution in [2.24, 2.45) is 5.92 Å². The molecule has 1 fully saturated rings. The molecule has 1 aromatic carbocycles. The van der Waals surface area contributed by atoms with Gasteiger partial charge >= 0.3 is 0 Å². The average molecular weight is 417 g/mol. The van der Waals surface area contributed by atoms with Crippen LogP contribution in [0, 0.1) is 5.92 Å².